The minimum atomic E-state index is -0.687. The number of benzene rings is 2. The maximum atomic E-state index is 12.3. The fraction of sp³-hybridized carbons (Fsp3) is 0.308. The van der Waals surface area contributed by atoms with Gasteiger partial charge in [0, 0.05) is 0 Å². The standard InChI is InChI=1S/C26H27NO5/c1-18(20-12-11-19-7-5-6-8-21(19)15-20)27-25(28)17-31-26(29)24-14-13-23(32-24)16-30-22-9-3-2-4-10-22/h2-4,9-15,18H,5-8,16-17H2,1H3,(H,27,28). The summed E-state index contributed by atoms with van der Waals surface area (Å²) < 4.78 is 16.2. The number of hydrogen-bond acceptors (Lipinski definition) is 5. The van der Waals surface area contributed by atoms with Gasteiger partial charge in [-0.05, 0) is 73.6 Å². The minimum Gasteiger partial charge on any atom is -0.486 e. The highest BCUT2D eigenvalue weighted by Gasteiger charge is 2.17. The van der Waals surface area contributed by atoms with Crippen LogP contribution in [0, 0.1) is 0 Å². The van der Waals surface area contributed by atoms with Crippen molar-refractivity contribution in [2.75, 3.05) is 6.61 Å². The van der Waals surface area contributed by atoms with E-state index in [9.17, 15) is 9.59 Å². The first-order valence-electron chi connectivity index (χ1n) is 10.9. The van der Waals surface area contributed by atoms with Crippen LogP contribution in [0.2, 0.25) is 0 Å². The van der Waals surface area contributed by atoms with Gasteiger partial charge in [0.1, 0.15) is 18.1 Å². The second kappa shape index (κ2) is 10.2. The summed E-state index contributed by atoms with van der Waals surface area (Å²) in [5.74, 6) is 0.187. The summed E-state index contributed by atoms with van der Waals surface area (Å²) in [4.78, 5) is 24.5. The van der Waals surface area contributed by atoms with E-state index in [1.807, 2.05) is 37.3 Å². The van der Waals surface area contributed by atoms with Crippen molar-refractivity contribution in [2.45, 2.75) is 45.3 Å². The van der Waals surface area contributed by atoms with Gasteiger partial charge in [-0.25, -0.2) is 4.79 Å². The first-order valence-corrected chi connectivity index (χ1v) is 10.9. The molecule has 6 heteroatoms. The van der Waals surface area contributed by atoms with E-state index in [1.165, 1.54) is 30.0 Å². The molecule has 0 saturated heterocycles. The van der Waals surface area contributed by atoms with Crippen LogP contribution in [0.3, 0.4) is 0 Å². The number of para-hydroxylation sites is 1. The fourth-order valence-corrected chi connectivity index (χ4v) is 3.83. The molecule has 166 valence electrons. The maximum Gasteiger partial charge on any atom is 0.374 e. The highest BCUT2D eigenvalue weighted by Crippen LogP contribution is 2.24. The summed E-state index contributed by atoms with van der Waals surface area (Å²) in [6, 6.07) is 18.7. The van der Waals surface area contributed by atoms with Crippen LogP contribution in [-0.2, 0) is 29.0 Å². The van der Waals surface area contributed by atoms with Crippen LogP contribution >= 0.6 is 0 Å². The Kier molecular flexibility index (Phi) is 6.90. The smallest absolute Gasteiger partial charge is 0.374 e. The van der Waals surface area contributed by atoms with Gasteiger partial charge in [0.15, 0.2) is 6.61 Å². The number of aryl methyl sites for hydroxylation is 2. The SMILES string of the molecule is CC(NC(=O)COC(=O)c1ccc(COc2ccccc2)o1)c1ccc2c(c1)CCCC2. The third kappa shape index (κ3) is 5.58. The van der Waals surface area contributed by atoms with Crippen molar-refractivity contribution in [1.29, 1.82) is 0 Å². The predicted octanol–water partition coefficient (Wildman–Crippen LogP) is 4.77. The summed E-state index contributed by atoms with van der Waals surface area (Å²) in [6.07, 6.45) is 4.66. The van der Waals surface area contributed by atoms with Gasteiger partial charge in [0.25, 0.3) is 5.91 Å². The zero-order valence-electron chi connectivity index (χ0n) is 18.1. The fourth-order valence-electron chi connectivity index (χ4n) is 3.83. The molecular weight excluding hydrogens is 406 g/mol. The Morgan fingerprint density at radius 2 is 1.78 bits per heavy atom. The van der Waals surface area contributed by atoms with Crippen LogP contribution in [0.4, 0.5) is 0 Å². The Labute approximate surface area is 187 Å². The predicted molar refractivity (Wildman–Crippen MR) is 119 cm³/mol. The molecule has 1 aliphatic rings. The van der Waals surface area contributed by atoms with Crippen molar-refractivity contribution in [1.82, 2.24) is 5.32 Å². The summed E-state index contributed by atoms with van der Waals surface area (Å²) >= 11 is 0. The van der Waals surface area contributed by atoms with E-state index < -0.39 is 5.97 Å². The Morgan fingerprint density at radius 1 is 1.00 bits per heavy atom. The molecule has 0 spiro atoms. The number of rotatable bonds is 8. The summed E-state index contributed by atoms with van der Waals surface area (Å²) in [6.45, 7) is 1.75. The molecule has 1 unspecified atom stereocenters. The zero-order chi connectivity index (χ0) is 22.3. The van der Waals surface area contributed by atoms with Crippen molar-refractivity contribution in [3.63, 3.8) is 0 Å². The molecule has 3 aromatic rings. The molecule has 0 aliphatic heterocycles. The van der Waals surface area contributed by atoms with E-state index in [4.69, 9.17) is 13.9 Å². The maximum absolute atomic E-state index is 12.3. The van der Waals surface area contributed by atoms with E-state index in [2.05, 4.69) is 23.5 Å². The summed E-state index contributed by atoms with van der Waals surface area (Å²) in [5.41, 5.74) is 3.82. The second-order valence-corrected chi connectivity index (χ2v) is 7.97. The number of hydrogen-bond donors (Lipinski definition) is 1. The molecule has 4 rings (SSSR count). The van der Waals surface area contributed by atoms with Crippen molar-refractivity contribution >= 4 is 11.9 Å². The first-order chi connectivity index (χ1) is 15.6. The lowest BCUT2D eigenvalue weighted by atomic mass is 9.89. The summed E-state index contributed by atoms with van der Waals surface area (Å²) in [7, 11) is 0. The lowest BCUT2D eigenvalue weighted by Gasteiger charge is -2.20. The molecule has 1 atom stereocenters. The van der Waals surface area contributed by atoms with Gasteiger partial charge in [0.2, 0.25) is 5.76 Å². The number of esters is 1. The zero-order valence-corrected chi connectivity index (χ0v) is 18.1. The Bertz CT molecular complexity index is 1070. The number of carbonyl (C=O) groups excluding carboxylic acids is 2. The van der Waals surface area contributed by atoms with Crippen LogP contribution in [-0.4, -0.2) is 18.5 Å². The van der Waals surface area contributed by atoms with Crippen LogP contribution in [0.1, 0.15) is 58.8 Å². The molecule has 6 nitrogen and oxygen atoms in total. The third-order valence-corrected chi connectivity index (χ3v) is 5.57. The molecule has 2 aromatic carbocycles. The van der Waals surface area contributed by atoms with E-state index in [1.54, 1.807) is 6.07 Å². The van der Waals surface area contributed by atoms with E-state index >= 15 is 0 Å². The quantitative estimate of drug-likeness (QED) is 0.518. The Balaban J connectivity index is 1.24. The number of fused-ring (bicyclic) bond motifs is 1. The van der Waals surface area contributed by atoms with Gasteiger partial charge < -0.3 is 19.2 Å². The molecule has 1 amide bonds. The molecule has 0 radical (unpaired) electrons. The van der Waals surface area contributed by atoms with Crippen molar-refractivity contribution in [3.8, 4) is 5.75 Å². The number of furan rings is 1. The molecule has 1 N–H and O–H groups in total. The average molecular weight is 434 g/mol. The number of carbonyl (C=O) groups is 2. The lowest BCUT2D eigenvalue weighted by molar-refractivity contribution is -0.124. The van der Waals surface area contributed by atoms with Crippen molar-refractivity contribution < 1.29 is 23.5 Å². The normalized spacial score (nSPS) is 13.7. The van der Waals surface area contributed by atoms with E-state index in [-0.39, 0.29) is 30.9 Å². The van der Waals surface area contributed by atoms with Gasteiger partial charge in [-0.1, -0.05) is 36.4 Å². The first kappa shape index (κ1) is 21.7. The van der Waals surface area contributed by atoms with E-state index in [0.29, 0.717) is 11.5 Å². The van der Waals surface area contributed by atoms with Gasteiger partial charge in [-0.15, -0.1) is 0 Å². The highest BCUT2D eigenvalue weighted by atomic mass is 16.6. The van der Waals surface area contributed by atoms with Gasteiger partial charge in [-0.3, -0.25) is 4.79 Å². The van der Waals surface area contributed by atoms with Crippen LogP contribution in [0.15, 0.2) is 65.1 Å². The molecule has 0 bridgehead atoms. The van der Waals surface area contributed by atoms with E-state index in [0.717, 1.165) is 18.4 Å². The molecule has 1 aromatic heterocycles. The Hall–Kier alpha value is -3.54. The number of nitrogens with one attached hydrogen (secondary N) is 1. The van der Waals surface area contributed by atoms with Crippen LogP contribution in [0.5, 0.6) is 5.75 Å². The Morgan fingerprint density at radius 3 is 2.59 bits per heavy atom. The van der Waals surface area contributed by atoms with Gasteiger partial charge >= 0.3 is 5.97 Å². The largest absolute Gasteiger partial charge is 0.486 e. The lowest BCUT2D eigenvalue weighted by Crippen LogP contribution is -2.31. The average Bonchev–Trinajstić information content (AvgIpc) is 3.31. The molecule has 0 saturated carbocycles. The summed E-state index contributed by atoms with van der Waals surface area (Å²) in [5, 5.41) is 2.89. The van der Waals surface area contributed by atoms with Crippen LogP contribution < -0.4 is 10.1 Å². The molecular formula is C26H27NO5. The monoisotopic (exact) mass is 433 g/mol. The van der Waals surface area contributed by atoms with Gasteiger partial charge in [0.05, 0.1) is 6.04 Å². The molecule has 1 heterocycles. The second-order valence-electron chi connectivity index (χ2n) is 7.97. The third-order valence-electron chi connectivity index (χ3n) is 5.57. The topological polar surface area (TPSA) is 77.8 Å². The highest BCUT2D eigenvalue weighted by molar-refractivity contribution is 5.88. The minimum absolute atomic E-state index is 0.0344. The molecule has 32 heavy (non-hydrogen) atoms. The van der Waals surface area contributed by atoms with Crippen molar-refractivity contribution in [3.05, 3.63) is 88.9 Å². The molecule has 0 fully saturated rings. The van der Waals surface area contributed by atoms with Crippen molar-refractivity contribution in [2.24, 2.45) is 0 Å². The number of amides is 1. The van der Waals surface area contributed by atoms with Gasteiger partial charge in [-0.2, -0.15) is 0 Å². The number of ether oxygens (including phenoxy) is 2. The van der Waals surface area contributed by atoms with Crippen LogP contribution in [0.25, 0.3) is 0 Å². The molecule has 1 aliphatic carbocycles.